The van der Waals surface area contributed by atoms with Crippen molar-refractivity contribution < 1.29 is 0 Å². The SMILES string of the molecule is CC1=CN(C)C(C#N)N1C. The van der Waals surface area contributed by atoms with Gasteiger partial charge in [0.1, 0.15) is 6.07 Å². The second-order valence-electron chi connectivity index (χ2n) is 2.55. The van der Waals surface area contributed by atoms with Crippen molar-refractivity contribution in [1.82, 2.24) is 9.80 Å². The van der Waals surface area contributed by atoms with Crippen molar-refractivity contribution in [2.24, 2.45) is 0 Å². The van der Waals surface area contributed by atoms with E-state index < -0.39 is 0 Å². The van der Waals surface area contributed by atoms with E-state index in [1.807, 2.05) is 37.0 Å². The normalized spacial score (nSPS) is 24.6. The molecule has 3 heteroatoms. The lowest BCUT2D eigenvalue weighted by atomic mass is 10.4. The number of hydrogen-bond acceptors (Lipinski definition) is 3. The quantitative estimate of drug-likeness (QED) is 0.489. The van der Waals surface area contributed by atoms with E-state index in [4.69, 9.17) is 5.26 Å². The molecule has 1 rings (SSSR count). The zero-order valence-electron chi connectivity index (χ0n) is 6.50. The Labute approximate surface area is 61.1 Å². The van der Waals surface area contributed by atoms with Crippen LogP contribution in [0, 0.1) is 11.3 Å². The highest BCUT2D eigenvalue weighted by Gasteiger charge is 2.23. The molecule has 0 aliphatic carbocycles. The molecule has 1 atom stereocenters. The van der Waals surface area contributed by atoms with Crippen LogP contribution in [0.15, 0.2) is 11.9 Å². The molecule has 1 aliphatic heterocycles. The number of nitriles is 1. The Morgan fingerprint density at radius 2 is 2.20 bits per heavy atom. The fraction of sp³-hybridized carbons (Fsp3) is 0.571. The van der Waals surface area contributed by atoms with Crippen LogP contribution in [-0.2, 0) is 0 Å². The van der Waals surface area contributed by atoms with Crippen LogP contribution < -0.4 is 0 Å². The van der Waals surface area contributed by atoms with Crippen LogP contribution >= 0.6 is 0 Å². The van der Waals surface area contributed by atoms with Crippen LogP contribution in [0.3, 0.4) is 0 Å². The van der Waals surface area contributed by atoms with Gasteiger partial charge in [-0.2, -0.15) is 5.26 Å². The van der Waals surface area contributed by atoms with Gasteiger partial charge >= 0.3 is 0 Å². The molecule has 0 aromatic carbocycles. The Morgan fingerprint density at radius 1 is 1.60 bits per heavy atom. The topological polar surface area (TPSA) is 30.3 Å². The molecule has 0 aromatic heterocycles. The molecule has 0 fully saturated rings. The van der Waals surface area contributed by atoms with E-state index in [0.717, 1.165) is 5.70 Å². The summed E-state index contributed by atoms with van der Waals surface area (Å²) in [5.41, 5.74) is 1.13. The van der Waals surface area contributed by atoms with Crippen LogP contribution in [0.1, 0.15) is 6.92 Å². The van der Waals surface area contributed by atoms with E-state index in [9.17, 15) is 0 Å². The largest absolute Gasteiger partial charge is 0.347 e. The van der Waals surface area contributed by atoms with Gasteiger partial charge in [0.25, 0.3) is 0 Å². The Bertz CT molecular complexity index is 201. The first-order chi connectivity index (χ1) is 4.66. The van der Waals surface area contributed by atoms with Gasteiger partial charge in [-0.05, 0) is 6.92 Å². The maximum atomic E-state index is 8.66. The summed E-state index contributed by atoms with van der Waals surface area (Å²) in [5, 5.41) is 8.66. The summed E-state index contributed by atoms with van der Waals surface area (Å²) >= 11 is 0. The molecule has 0 N–H and O–H groups in total. The highest BCUT2D eigenvalue weighted by molar-refractivity contribution is 5.11. The first-order valence-electron chi connectivity index (χ1n) is 3.19. The molecule has 1 aliphatic rings. The van der Waals surface area contributed by atoms with Crippen molar-refractivity contribution in [3.8, 4) is 6.07 Å². The van der Waals surface area contributed by atoms with Gasteiger partial charge in [0.05, 0.1) is 0 Å². The number of nitrogens with zero attached hydrogens (tertiary/aromatic N) is 3. The zero-order valence-corrected chi connectivity index (χ0v) is 6.50. The lowest BCUT2D eigenvalue weighted by molar-refractivity contribution is 0.255. The van der Waals surface area contributed by atoms with E-state index in [1.54, 1.807) is 0 Å². The molecule has 0 radical (unpaired) electrons. The van der Waals surface area contributed by atoms with E-state index in [1.165, 1.54) is 0 Å². The van der Waals surface area contributed by atoms with Gasteiger partial charge in [-0.25, -0.2) is 0 Å². The number of allylic oxidation sites excluding steroid dienone is 1. The third-order valence-electron chi connectivity index (χ3n) is 1.81. The van der Waals surface area contributed by atoms with E-state index in [-0.39, 0.29) is 6.17 Å². The van der Waals surface area contributed by atoms with Crippen LogP contribution in [-0.4, -0.2) is 30.1 Å². The lowest BCUT2D eigenvalue weighted by Gasteiger charge is -2.21. The third-order valence-corrected chi connectivity index (χ3v) is 1.81. The van der Waals surface area contributed by atoms with E-state index in [2.05, 4.69) is 6.07 Å². The van der Waals surface area contributed by atoms with Gasteiger partial charge in [-0.3, -0.25) is 0 Å². The minimum Gasteiger partial charge on any atom is -0.347 e. The van der Waals surface area contributed by atoms with Gasteiger partial charge < -0.3 is 9.80 Å². The highest BCUT2D eigenvalue weighted by Crippen LogP contribution is 2.16. The van der Waals surface area contributed by atoms with Crippen molar-refractivity contribution in [2.75, 3.05) is 14.1 Å². The summed E-state index contributed by atoms with van der Waals surface area (Å²) < 4.78 is 0. The Kier molecular flexibility index (Phi) is 1.54. The number of rotatable bonds is 0. The molecule has 10 heavy (non-hydrogen) atoms. The molecule has 0 amide bonds. The summed E-state index contributed by atoms with van der Waals surface area (Å²) in [6, 6.07) is 2.19. The van der Waals surface area contributed by atoms with Gasteiger partial charge in [0.15, 0.2) is 6.17 Å². The van der Waals surface area contributed by atoms with E-state index >= 15 is 0 Å². The fourth-order valence-electron chi connectivity index (χ4n) is 1.10. The Balaban J connectivity index is 2.78. The average Bonchev–Trinajstić information content (AvgIpc) is 2.09. The summed E-state index contributed by atoms with van der Waals surface area (Å²) in [7, 11) is 3.82. The number of hydrogen-bond donors (Lipinski definition) is 0. The summed E-state index contributed by atoms with van der Waals surface area (Å²) in [6.45, 7) is 1.99. The molecule has 0 saturated heterocycles. The van der Waals surface area contributed by atoms with Crippen molar-refractivity contribution in [3.63, 3.8) is 0 Å². The second kappa shape index (κ2) is 2.22. The Morgan fingerprint density at radius 3 is 2.40 bits per heavy atom. The smallest absolute Gasteiger partial charge is 0.191 e. The Hall–Kier alpha value is -1.17. The second-order valence-corrected chi connectivity index (χ2v) is 2.55. The monoisotopic (exact) mass is 137 g/mol. The van der Waals surface area contributed by atoms with Crippen molar-refractivity contribution in [2.45, 2.75) is 13.1 Å². The van der Waals surface area contributed by atoms with Crippen molar-refractivity contribution >= 4 is 0 Å². The van der Waals surface area contributed by atoms with Crippen LogP contribution in [0.5, 0.6) is 0 Å². The fourth-order valence-corrected chi connectivity index (χ4v) is 1.10. The van der Waals surface area contributed by atoms with Crippen LogP contribution in [0.4, 0.5) is 0 Å². The molecule has 1 heterocycles. The molecule has 0 saturated carbocycles. The molecule has 0 spiro atoms. The molecule has 54 valence electrons. The minimum absolute atomic E-state index is 0.111. The van der Waals surface area contributed by atoms with Crippen LogP contribution in [0.25, 0.3) is 0 Å². The summed E-state index contributed by atoms with van der Waals surface area (Å²) in [4.78, 5) is 3.84. The summed E-state index contributed by atoms with van der Waals surface area (Å²) in [5.74, 6) is 0. The first-order valence-corrected chi connectivity index (χ1v) is 3.19. The molecule has 3 nitrogen and oxygen atoms in total. The molecular formula is C7H11N3. The average molecular weight is 137 g/mol. The lowest BCUT2D eigenvalue weighted by Crippen LogP contribution is -2.33. The molecule has 0 bridgehead atoms. The van der Waals surface area contributed by atoms with Gasteiger partial charge in [0.2, 0.25) is 0 Å². The maximum absolute atomic E-state index is 8.66. The van der Waals surface area contributed by atoms with Gasteiger partial charge in [0, 0.05) is 26.0 Å². The molecule has 0 aromatic rings. The summed E-state index contributed by atoms with van der Waals surface area (Å²) in [6.07, 6.45) is 1.86. The standard InChI is InChI=1S/C7H11N3/c1-6-5-9(2)7(4-8)10(6)3/h5,7H,1-3H3. The molecular weight excluding hydrogens is 126 g/mol. The zero-order chi connectivity index (χ0) is 7.72. The van der Waals surface area contributed by atoms with E-state index in [0.29, 0.717) is 0 Å². The van der Waals surface area contributed by atoms with Crippen LogP contribution in [0.2, 0.25) is 0 Å². The predicted molar refractivity (Wildman–Crippen MR) is 38.7 cm³/mol. The predicted octanol–water partition coefficient (Wildman–Crippen LogP) is 0.575. The van der Waals surface area contributed by atoms with Gasteiger partial charge in [-0.1, -0.05) is 0 Å². The van der Waals surface area contributed by atoms with Gasteiger partial charge in [-0.15, -0.1) is 0 Å². The minimum atomic E-state index is -0.111. The molecule has 1 unspecified atom stereocenters. The third kappa shape index (κ3) is 0.820. The first kappa shape index (κ1) is 6.94. The maximum Gasteiger partial charge on any atom is 0.191 e. The van der Waals surface area contributed by atoms with Crippen molar-refractivity contribution in [1.29, 1.82) is 5.26 Å². The van der Waals surface area contributed by atoms with Crippen molar-refractivity contribution in [3.05, 3.63) is 11.9 Å². The highest BCUT2D eigenvalue weighted by atomic mass is 15.4.